The summed E-state index contributed by atoms with van der Waals surface area (Å²) < 4.78 is 32.7. The molecule has 1 N–H and O–H groups in total. The first-order valence-corrected chi connectivity index (χ1v) is 15.3. The molecule has 1 saturated heterocycles. The lowest BCUT2D eigenvalue weighted by Gasteiger charge is -2.39. The molecule has 1 aromatic rings. The average Bonchev–Trinajstić information content (AvgIpc) is 2.92. The summed E-state index contributed by atoms with van der Waals surface area (Å²) in [6, 6.07) is 7.46. The van der Waals surface area contributed by atoms with Gasteiger partial charge in [-0.05, 0) is 63.1 Å². The van der Waals surface area contributed by atoms with Crippen molar-refractivity contribution >= 4 is 22.0 Å². The quantitative estimate of drug-likeness (QED) is 0.467. The van der Waals surface area contributed by atoms with Crippen molar-refractivity contribution in [1.82, 2.24) is 19.4 Å². The molecule has 1 aliphatic heterocycles. The highest BCUT2D eigenvalue weighted by atomic mass is 32.2. The number of likely N-dealkylation sites (tertiary alicyclic amines) is 1. The standard InChI is InChI=1S/C27H44N4O5S/c1-4-28-27(33)29-17-15-24(16-18-29)31(20-23-11-13-25(36-3)14-12-23)26(32)21-30(37(34,35)5-2)19-22-9-7-6-8-10-22/h11-14,22,24H,4-10,15-21H2,1-3H3,(H,28,33). The Kier molecular flexibility index (Phi) is 11.1. The van der Waals surface area contributed by atoms with Gasteiger partial charge < -0.3 is 19.9 Å². The van der Waals surface area contributed by atoms with Crippen LogP contribution in [0.2, 0.25) is 0 Å². The molecular weight excluding hydrogens is 492 g/mol. The third kappa shape index (κ3) is 8.33. The number of amides is 3. The van der Waals surface area contributed by atoms with Crippen LogP contribution < -0.4 is 10.1 Å². The van der Waals surface area contributed by atoms with Gasteiger partial charge in [-0.3, -0.25) is 4.79 Å². The van der Waals surface area contributed by atoms with Crippen LogP contribution in [0.5, 0.6) is 5.75 Å². The molecule has 3 amide bonds. The van der Waals surface area contributed by atoms with Crippen molar-refractivity contribution in [3.8, 4) is 5.75 Å². The maximum absolute atomic E-state index is 13.8. The van der Waals surface area contributed by atoms with Gasteiger partial charge in [-0.15, -0.1) is 0 Å². The lowest BCUT2D eigenvalue weighted by molar-refractivity contribution is -0.135. The molecule has 0 bridgehead atoms. The molecule has 1 aliphatic carbocycles. The van der Waals surface area contributed by atoms with Crippen molar-refractivity contribution in [3.05, 3.63) is 29.8 Å². The second kappa shape index (κ2) is 14.0. The third-order valence-electron chi connectivity index (χ3n) is 7.61. The topological polar surface area (TPSA) is 99.3 Å². The third-order valence-corrected chi connectivity index (χ3v) is 9.40. The highest BCUT2D eigenvalue weighted by Gasteiger charge is 2.33. The number of methoxy groups -OCH3 is 1. The molecule has 0 aromatic heterocycles. The number of carbonyl (C=O) groups excluding carboxylic acids is 2. The summed E-state index contributed by atoms with van der Waals surface area (Å²) in [5, 5.41) is 2.84. The average molecular weight is 537 g/mol. The molecule has 1 saturated carbocycles. The van der Waals surface area contributed by atoms with E-state index in [2.05, 4.69) is 5.32 Å². The molecule has 0 atom stereocenters. The number of rotatable bonds is 11. The molecule has 0 radical (unpaired) electrons. The number of nitrogens with one attached hydrogen (secondary N) is 1. The Hall–Kier alpha value is -2.33. The number of nitrogens with zero attached hydrogens (tertiary/aromatic N) is 3. The molecule has 2 fully saturated rings. The van der Waals surface area contributed by atoms with Gasteiger partial charge in [-0.25, -0.2) is 13.2 Å². The molecule has 10 heteroatoms. The fourth-order valence-electron chi connectivity index (χ4n) is 5.35. The van der Waals surface area contributed by atoms with E-state index in [0.29, 0.717) is 51.5 Å². The van der Waals surface area contributed by atoms with E-state index >= 15 is 0 Å². The zero-order valence-corrected chi connectivity index (χ0v) is 23.5. The normalized spacial score (nSPS) is 17.6. The number of hydrogen-bond acceptors (Lipinski definition) is 5. The number of ether oxygens (including phenoxy) is 1. The molecule has 0 unspecified atom stereocenters. The number of sulfonamides is 1. The number of benzene rings is 1. The smallest absolute Gasteiger partial charge is 0.317 e. The van der Waals surface area contributed by atoms with Crippen LogP contribution in [-0.2, 0) is 21.4 Å². The van der Waals surface area contributed by atoms with E-state index < -0.39 is 10.0 Å². The zero-order chi connectivity index (χ0) is 26.8. The van der Waals surface area contributed by atoms with E-state index in [4.69, 9.17) is 4.74 Å². The Labute approximate surface area is 222 Å². The summed E-state index contributed by atoms with van der Waals surface area (Å²) in [5.74, 6) is 0.846. The Morgan fingerprint density at radius 1 is 1.03 bits per heavy atom. The molecule has 9 nitrogen and oxygen atoms in total. The van der Waals surface area contributed by atoms with Crippen molar-refractivity contribution in [2.75, 3.05) is 45.6 Å². The first kappa shape index (κ1) is 29.2. The highest BCUT2D eigenvalue weighted by molar-refractivity contribution is 7.89. The molecule has 208 valence electrons. The monoisotopic (exact) mass is 536 g/mol. The second-order valence-electron chi connectivity index (χ2n) is 10.1. The Bertz CT molecular complexity index is 971. The van der Waals surface area contributed by atoms with Crippen LogP contribution in [-0.4, -0.2) is 86.1 Å². The van der Waals surface area contributed by atoms with E-state index in [1.807, 2.05) is 36.1 Å². The van der Waals surface area contributed by atoms with E-state index in [1.165, 1.54) is 10.7 Å². The summed E-state index contributed by atoms with van der Waals surface area (Å²) in [5.41, 5.74) is 0.956. The summed E-state index contributed by atoms with van der Waals surface area (Å²) in [6.45, 7) is 5.88. The number of urea groups is 1. The first-order chi connectivity index (χ1) is 17.8. The van der Waals surface area contributed by atoms with Gasteiger partial charge in [0.1, 0.15) is 5.75 Å². The molecule has 3 rings (SSSR count). The molecule has 37 heavy (non-hydrogen) atoms. The molecular formula is C27H44N4O5S. The van der Waals surface area contributed by atoms with E-state index in [-0.39, 0.29) is 30.3 Å². The first-order valence-electron chi connectivity index (χ1n) is 13.7. The van der Waals surface area contributed by atoms with Crippen molar-refractivity contribution in [2.24, 2.45) is 5.92 Å². The van der Waals surface area contributed by atoms with Crippen molar-refractivity contribution < 1.29 is 22.7 Å². The fraction of sp³-hybridized carbons (Fsp3) is 0.704. The van der Waals surface area contributed by atoms with E-state index in [0.717, 1.165) is 37.0 Å². The zero-order valence-electron chi connectivity index (χ0n) is 22.7. The van der Waals surface area contributed by atoms with Gasteiger partial charge in [-0.1, -0.05) is 31.4 Å². The minimum atomic E-state index is -3.52. The number of carbonyl (C=O) groups is 2. The maximum atomic E-state index is 13.8. The molecule has 0 spiro atoms. The van der Waals surface area contributed by atoms with Gasteiger partial charge in [0, 0.05) is 38.8 Å². The summed E-state index contributed by atoms with van der Waals surface area (Å²) >= 11 is 0. The Morgan fingerprint density at radius 2 is 1.68 bits per heavy atom. The van der Waals surface area contributed by atoms with Crippen LogP contribution >= 0.6 is 0 Å². The highest BCUT2D eigenvalue weighted by Crippen LogP contribution is 2.26. The molecule has 2 aliphatic rings. The van der Waals surface area contributed by atoms with Gasteiger partial charge in [0.25, 0.3) is 0 Å². The van der Waals surface area contributed by atoms with Gasteiger partial charge >= 0.3 is 6.03 Å². The number of hydrogen-bond donors (Lipinski definition) is 1. The molecule has 1 heterocycles. The van der Waals surface area contributed by atoms with Crippen LogP contribution in [0.4, 0.5) is 4.79 Å². The summed E-state index contributed by atoms with van der Waals surface area (Å²) in [7, 11) is -1.91. The van der Waals surface area contributed by atoms with Crippen LogP contribution in [0.3, 0.4) is 0 Å². The molecule has 1 aromatic carbocycles. The minimum absolute atomic E-state index is 0.0175. The van der Waals surface area contributed by atoms with Crippen LogP contribution in [0.15, 0.2) is 24.3 Å². The summed E-state index contributed by atoms with van der Waals surface area (Å²) in [4.78, 5) is 29.7. The Balaban J connectivity index is 1.77. The fourth-order valence-corrected chi connectivity index (χ4v) is 6.46. The van der Waals surface area contributed by atoms with Gasteiger partial charge in [-0.2, -0.15) is 4.31 Å². The lowest BCUT2D eigenvalue weighted by atomic mass is 9.89. The predicted octanol–water partition coefficient (Wildman–Crippen LogP) is 3.45. The Morgan fingerprint density at radius 3 is 2.24 bits per heavy atom. The second-order valence-corrected chi connectivity index (χ2v) is 12.4. The predicted molar refractivity (Wildman–Crippen MR) is 145 cm³/mol. The summed E-state index contributed by atoms with van der Waals surface area (Å²) in [6.07, 6.45) is 6.76. The lowest BCUT2D eigenvalue weighted by Crippen LogP contribution is -2.53. The largest absolute Gasteiger partial charge is 0.497 e. The van der Waals surface area contributed by atoms with Crippen molar-refractivity contribution in [3.63, 3.8) is 0 Å². The van der Waals surface area contributed by atoms with Gasteiger partial charge in [0.2, 0.25) is 15.9 Å². The van der Waals surface area contributed by atoms with Crippen LogP contribution in [0, 0.1) is 5.92 Å². The van der Waals surface area contributed by atoms with E-state index in [9.17, 15) is 18.0 Å². The van der Waals surface area contributed by atoms with Gasteiger partial charge in [0.05, 0.1) is 19.4 Å². The van der Waals surface area contributed by atoms with Gasteiger partial charge in [0.15, 0.2) is 0 Å². The minimum Gasteiger partial charge on any atom is -0.497 e. The van der Waals surface area contributed by atoms with Crippen LogP contribution in [0.25, 0.3) is 0 Å². The number of piperidine rings is 1. The SMILES string of the molecule is CCNC(=O)N1CCC(N(Cc2ccc(OC)cc2)C(=O)CN(CC2CCCCC2)S(=O)(=O)CC)CC1. The van der Waals surface area contributed by atoms with Crippen molar-refractivity contribution in [1.29, 1.82) is 0 Å². The van der Waals surface area contributed by atoms with Crippen LogP contribution in [0.1, 0.15) is 64.4 Å². The van der Waals surface area contributed by atoms with E-state index in [1.54, 1.807) is 18.9 Å². The maximum Gasteiger partial charge on any atom is 0.317 e. The van der Waals surface area contributed by atoms with Crippen molar-refractivity contribution in [2.45, 2.75) is 71.4 Å².